The summed E-state index contributed by atoms with van der Waals surface area (Å²) in [5.74, 6) is 0.347. The van der Waals surface area contributed by atoms with Crippen molar-refractivity contribution < 1.29 is 39.7 Å². The first-order chi connectivity index (χ1) is 9.96. The average molecular weight is 302 g/mol. The number of ether oxygens (including phenoxy) is 3. The Morgan fingerprint density at radius 1 is 1.05 bits per heavy atom. The van der Waals surface area contributed by atoms with Crippen molar-refractivity contribution >= 4 is 0 Å². The second-order valence-corrected chi connectivity index (χ2v) is 4.68. The number of methoxy groups -OCH3 is 1. The number of aliphatic hydroxyl groups is 4. The number of aromatic hydroxyl groups is 1. The van der Waals surface area contributed by atoms with Crippen LogP contribution in [0.5, 0.6) is 17.2 Å². The van der Waals surface area contributed by atoms with Crippen molar-refractivity contribution in [3.63, 3.8) is 0 Å². The molecule has 0 unspecified atom stereocenters. The summed E-state index contributed by atoms with van der Waals surface area (Å²) in [4.78, 5) is 0. The highest BCUT2D eigenvalue weighted by atomic mass is 16.7. The summed E-state index contributed by atoms with van der Waals surface area (Å²) in [5, 5.41) is 47.8. The molecule has 21 heavy (non-hydrogen) atoms. The summed E-state index contributed by atoms with van der Waals surface area (Å²) in [5.41, 5.74) is 0. The third-order valence-corrected chi connectivity index (χ3v) is 3.20. The fraction of sp³-hybridized carbons (Fsp3) is 0.538. The number of hydrogen-bond donors (Lipinski definition) is 5. The summed E-state index contributed by atoms with van der Waals surface area (Å²) in [6.07, 6.45) is -6.88. The van der Waals surface area contributed by atoms with Gasteiger partial charge in [0.25, 0.3) is 0 Å². The lowest BCUT2D eigenvalue weighted by Gasteiger charge is -2.39. The van der Waals surface area contributed by atoms with E-state index in [2.05, 4.69) is 0 Å². The maximum Gasteiger partial charge on any atom is 0.229 e. The standard InChI is InChI=1S/C13H18O8/c1-19-7-2-6(15)3-8(4-7)20-13-12(18)11(17)10(16)9(5-14)21-13/h2-4,9-18H,5H2,1H3/t9-,10-,11+,12-,13+/m1/s1. The third-order valence-electron chi connectivity index (χ3n) is 3.20. The van der Waals surface area contributed by atoms with Crippen LogP contribution in [0.25, 0.3) is 0 Å². The maximum atomic E-state index is 9.84. The first-order valence-electron chi connectivity index (χ1n) is 6.31. The normalized spacial score (nSPS) is 32.7. The number of aliphatic hydroxyl groups excluding tert-OH is 4. The van der Waals surface area contributed by atoms with E-state index in [-0.39, 0.29) is 11.5 Å². The minimum atomic E-state index is -1.53. The zero-order valence-corrected chi connectivity index (χ0v) is 11.3. The Balaban J connectivity index is 2.16. The van der Waals surface area contributed by atoms with Crippen molar-refractivity contribution in [3.8, 4) is 17.2 Å². The van der Waals surface area contributed by atoms with E-state index >= 15 is 0 Å². The van der Waals surface area contributed by atoms with Crippen LogP contribution in [0.3, 0.4) is 0 Å². The Hall–Kier alpha value is -1.58. The van der Waals surface area contributed by atoms with Gasteiger partial charge in [0.2, 0.25) is 6.29 Å². The number of hydrogen-bond acceptors (Lipinski definition) is 8. The molecule has 1 aliphatic rings. The Morgan fingerprint density at radius 2 is 1.71 bits per heavy atom. The molecular weight excluding hydrogens is 284 g/mol. The molecule has 0 aromatic heterocycles. The number of phenols is 1. The molecule has 8 heteroatoms. The highest BCUT2D eigenvalue weighted by Gasteiger charge is 2.44. The minimum absolute atomic E-state index is 0.117. The van der Waals surface area contributed by atoms with Crippen LogP contribution < -0.4 is 9.47 Å². The van der Waals surface area contributed by atoms with Crippen LogP contribution in [-0.4, -0.2) is 70.0 Å². The van der Waals surface area contributed by atoms with Crippen LogP contribution >= 0.6 is 0 Å². The summed E-state index contributed by atoms with van der Waals surface area (Å²) >= 11 is 0. The fourth-order valence-electron chi connectivity index (χ4n) is 2.04. The van der Waals surface area contributed by atoms with Crippen LogP contribution in [0, 0.1) is 0 Å². The van der Waals surface area contributed by atoms with E-state index in [0.717, 1.165) is 0 Å². The maximum absolute atomic E-state index is 9.84. The van der Waals surface area contributed by atoms with Gasteiger partial charge in [0.15, 0.2) is 0 Å². The van der Waals surface area contributed by atoms with E-state index in [1.165, 1.54) is 25.3 Å². The van der Waals surface area contributed by atoms with Crippen molar-refractivity contribution in [2.24, 2.45) is 0 Å². The molecule has 1 saturated heterocycles. The van der Waals surface area contributed by atoms with E-state index < -0.39 is 37.3 Å². The molecule has 118 valence electrons. The molecule has 5 atom stereocenters. The van der Waals surface area contributed by atoms with Crippen molar-refractivity contribution in [1.82, 2.24) is 0 Å². The lowest BCUT2D eigenvalue weighted by atomic mass is 9.99. The number of benzene rings is 1. The van der Waals surface area contributed by atoms with E-state index in [1.807, 2.05) is 0 Å². The lowest BCUT2D eigenvalue weighted by Crippen LogP contribution is -2.60. The third kappa shape index (κ3) is 3.36. The number of rotatable bonds is 4. The van der Waals surface area contributed by atoms with Crippen molar-refractivity contribution in [2.75, 3.05) is 13.7 Å². The molecular formula is C13H18O8. The zero-order chi connectivity index (χ0) is 15.6. The molecule has 8 nitrogen and oxygen atoms in total. The first-order valence-corrected chi connectivity index (χ1v) is 6.31. The molecule has 0 radical (unpaired) electrons. The van der Waals surface area contributed by atoms with E-state index in [1.54, 1.807) is 0 Å². The average Bonchev–Trinajstić information content (AvgIpc) is 2.47. The molecule has 1 aromatic rings. The van der Waals surface area contributed by atoms with Gasteiger partial charge < -0.3 is 39.7 Å². The monoisotopic (exact) mass is 302 g/mol. The SMILES string of the molecule is COc1cc(O)cc(O[C@H]2O[C@H](CO)[C@@H](O)[C@H](O)[C@H]2O)c1. The van der Waals surface area contributed by atoms with Gasteiger partial charge in [-0.2, -0.15) is 0 Å². The topological polar surface area (TPSA) is 129 Å². The Labute approximate surface area is 120 Å². The highest BCUT2D eigenvalue weighted by molar-refractivity contribution is 5.41. The molecule has 0 spiro atoms. The van der Waals surface area contributed by atoms with E-state index in [0.29, 0.717) is 5.75 Å². The predicted octanol–water partition coefficient (Wildman–Crippen LogP) is -1.42. The van der Waals surface area contributed by atoms with Crippen molar-refractivity contribution in [2.45, 2.75) is 30.7 Å². The smallest absolute Gasteiger partial charge is 0.229 e. The van der Waals surface area contributed by atoms with Crippen LogP contribution in [0.15, 0.2) is 18.2 Å². The van der Waals surface area contributed by atoms with Crippen LogP contribution in [0.2, 0.25) is 0 Å². The molecule has 1 fully saturated rings. The van der Waals surface area contributed by atoms with Gasteiger partial charge in [0, 0.05) is 18.2 Å². The summed E-state index contributed by atoms with van der Waals surface area (Å²) in [6.45, 7) is -0.547. The van der Waals surface area contributed by atoms with Crippen LogP contribution in [-0.2, 0) is 4.74 Å². The van der Waals surface area contributed by atoms with Crippen molar-refractivity contribution in [3.05, 3.63) is 18.2 Å². The Kier molecular flexibility index (Phi) is 4.86. The molecule has 0 saturated carbocycles. The van der Waals surface area contributed by atoms with Gasteiger partial charge in [-0.15, -0.1) is 0 Å². The molecule has 1 heterocycles. The quantitative estimate of drug-likeness (QED) is 0.458. The molecule has 0 amide bonds. The van der Waals surface area contributed by atoms with Crippen LogP contribution in [0.1, 0.15) is 0 Å². The van der Waals surface area contributed by atoms with Gasteiger partial charge in [-0.05, 0) is 0 Å². The van der Waals surface area contributed by atoms with E-state index in [9.17, 15) is 20.4 Å². The van der Waals surface area contributed by atoms with Gasteiger partial charge in [0.1, 0.15) is 41.7 Å². The second-order valence-electron chi connectivity index (χ2n) is 4.68. The summed E-state index contributed by atoms with van der Waals surface area (Å²) < 4.78 is 15.5. The van der Waals surface area contributed by atoms with Gasteiger partial charge in [-0.25, -0.2) is 0 Å². The van der Waals surface area contributed by atoms with Gasteiger partial charge in [-0.3, -0.25) is 0 Å². The molecule has 1 aromatic carbocycles. The van der Waals surface area contributed by atoms with Crippen LogP contribution in [0.4, 0.5) is 0 Å². The van der Waals surface area contributed by atoms with E-state index in [4.69, 9.17) is 19.3 Å². The molecule has 0 bridgehead atoms. The molecule has 0 aliphatic carbocycles. The molecule has 1 aliphatic heterocycles. The molecule has 5 N–H and O–H groups in total. The summed E-state index contributed by atoms with van der Waals surface area (Å²) in [7, 11) is 1.41. The summed E-state index contributed by atoms with van der Waals surface area (Å²) in [6, 6.07) is 4.07. The minimum Gasteiger partial charge on any atom is -0.508 e. The Morgan fingerprint density at radius 3 is 2.33 bits per heavy atom. The highest BCUT2D eigenvalue weighted by Crippen LogP contribution is 2.30. The lowest BCUT2D eigenvalue weighted by molar-refractivity contribution is -0.277. The molecule has 2 rings (SSSR count). The van der Waals surface area contributed by atoms with Gasteiger partial charge >= 0.3 is 0 Å². The van der Waals surface area contributed by atoms with Gasteiger partial charge in [0.05, 0.1) is 13.7 Å². The predicted molar refractivity (Wildman–Crippen MR) is 69.1 cm³/mol. The second kappa shape index (κ2) is 6.46. The largest absolute Gasteiger partial charge is 0.508 e. The van der Waals surface area contributed by atoms with Gasteiger partial charge in [-0.1, -0.05) is 0 Å². The fourth-order valence-corrected chi connectivity index (χ4v) is 2.04. The zero-order valence-electron chi connectivity index (χ0n) is 11.3. The number of phenolic OH excluding ortho intramolecular Hbond substituents is 1. The first kappa shape index (κ1) is 15.8. The Bertz CT molecular complexity index is 477. The van der Waals surface area contributed by atoms with Crippen molar-refractivity contribution in [1.29, 1.82) is 0 Å².